The summed E-state index contributed by atoms with van der Waals surface area (Å²) in [4.78, 5) is 38.2. The quantitative estimate of drug-likeness (QED) is 0.689. The minimum Gasteiger partial charge on any atom is -0.351 e. The minimum atomic E-state index is -0.00453. The summed E-state index contributed by atoms with van der Waals surface area (Å²) in [7, 11) is 0. The lowest BCUT2D eigenvalue weighted by Crippen LogP contribution is -2.51. The Kier molecular flexibility index (Phi) is 6.23. The molecule has 0 bridgehead atoms. The fourth-order valence-corrected chi connectivity index (χ4v) is 3.71. The van der Waals surface area contributed by atoms with Crippen molar-refractivity contribution in [1.29, 1.82) is 0 Å². The Balaban J connectivity index is 1.30. The van der Waals surface area contributed by atoms with Gasteiger partial charge in [-0.25, -0.2) is 9.97 Å². The second kappa shape index (κ2) is 9.22. The van der Waals surface area contributed by atoms with Crippen LogP contribution in [0.15, 0.2) is 48.5 Å². The lowest BCUT2D eigenvalue weighted by Gasteiger charge is -2.34. The van der Waals surface area contributed by atoms with Crippen molar-refractivity contribution in [3.8, 4) is 0 Å². The Morgan fingerprint density at radius 1 is 0.903 bits per heavy atom. The maximum absolute atomic E-state index is 13.0. The largest absolute Gasteiger partial charge is 0.351 e. The summed E-state index contributed by atoms with van der Waals surface area (Å²) in [6.45, 7) is 7.28. The maximum Gasteiger partial charge on any atom is 0.254 e. The molecule has 7 heteroatoms. The van der Waals surface area contributed by atoms with Gasteiger partial charge in [0.05, 0.1) is 29.0 Å². The molecule has 4 rings (SSSR count). The molecule has 1 aliphatic heterocycles. The first-order chi connectivity index (χ1) is 15.0. The van der Waals surface area contributed by atoms with Crippen molar-refractivity contribution >= 4 is 22.8 Å². The third kappa shape index (κ3) is 5.06. The number of aryl methyl sites for hydroxylation is 2. The summed E-state index contributed by atoms with van der Waals surface area (Å²) in [6, 6.07) is 15.4. The second-order valence-corrected chi connectivity index (χ2v) is 7.93. The number of amides is 2. The Bertz CT molecular complexity index is 1090. The zero-order chi connectivity index (χ0) is 21.8. The molecule has 0 radical (unpaired) electrons. The molecule has 1 aromatic heterocycles. The van der Waals surface area contributed by atoms with Crippen molar-refractivity contribution in [2.75, 3.05) is 32.7 Å². The van der Waals surface area contributed by atoms with E-state index < -0.39 is 0 Å². The van der Waals surface area contributed by atoms with E-state index in [9.17, 15) is 9.59 Å². The monoisotopic (exact) mass is 417 g/mol. The van der Waals surface area contributed by atoms with Gasteiger partial charge in [0.25, 0.3) is 5.91 Å². The van der Waals surface area contributed by atoms with Gasteiger partial charge >= 0.3 is 0 Å². The van der Waals surface area contributed by atoms with Gasteiger partial charge in [0.2, 0.25) is 5.91 Å². The van der Waals surface area contributed by atoms with E-state index >= 15 is 0 Å². The summed E-state index contributed by atoms with van der Waals surface area (Å²) in [5, 5.41) is 2.96. The molecule has 0 atom stereocenters. The predicted octanol–water partition coefficient (Wildman–Crippen LogP) is 2.32. The van der Waals surface area contributed by atoms with Gasteiger partial charge in [0.1, 0.15) is 0 Å². The Morgan fingerprint density at radius 2 is 1.58 bits per heavy atom. The van der Waals surface area contributed by atoms with E-state index in [0.29, 0.717) is 44.8 Å². The van der Waals surface area contributed by atoms with Crippen LogP contribution in [-0.2, 0) is 11.3 Å². The minimum absolute atomic E-state index is 0.00222. The third-order valence-electron chi connectivity index (χ3n) is 5.68. The fourth-order valence-electron chi connectivity index (χ4n) is 3.71. The number of nitrogens with one attached hydrogen (secondary N) is 1. The van der Waals surface area contributed by atoms with Crippen molar-refractivity contribution in [3.05, 3.63) is 71.0 Å². The molecule has 0 saturated carbocycles. The molecule has 3 aromatic rings. The molecule has 1 fully saturated rings. The van der Waals surface area contributed by atoms with Crippen LogP contribution in [0.2, 0.25) is 0 Å². The molecule has 2 amide bonds. The highest BCUT2D eigenvalue weighted by Crippen LogP contribution is 2.16. The van der Waals surface area contributed by atoms with Crippen molar-refractivity contribution in [2.24, 2.45) is 0 Å². The molecular weight excluding hydrogens is 390 g/mol. The number of carbonyl (C=O) groups is 2. The summed E-state index contributed by atoms with van der Waals surface area (Å²) in [5.41, 5.74) is 5.01. The SMILES string of the molecule is Cc1nc2ccc(C(=O)N3CCN(CC(=O)NCc4ccccc4)CC3)cc2nc1C. The van der Waals surface area contributed by atoms with Crippen LogP contribution < -0.4 is 5.32 Å². The van der Waals surface area contributed by atoms with Gasteiger partial charge in [-0.15, -0.1) is 0 Å². The van der Waals surface area contributed by atoms with Crippen LogP contribution in [0.4, 0.5) is 0 Å². The fraction of sp³-hybridized carbons (Fsp3) is 0.333. The predicted molar refractivity (Wildman–Crippen MR) is 120 cm³/mol. The van der Waals surface area contributed by atoms with Crippen molar-refractivity contribution in [1.82, 2.24) is 25.1 Å². The number of aromatic nitrogens is 2. The molecule has 160 valence electrons. The third-order valence-corrected chi connectivity index (χ3v) is 5.68. The van der Waals surface area contributed by atoms with Crippen LogP contribution >= 0.6 is 0 Å². The summed E-state index contributed by atoms with van der Waals surface area (Å²) in [5.74, 6) is -0.00231. The number of carbonyl (C=O) groups excluding carboxylic acids is 2. The number of rotatable bonds is 5. The Hall–Kier alpha value is -3.32. The van der Waals surface area contributed by atoms with Crippen LogP contribution in [0.25, 0.3) is 11.0 Å². The Labute approximate surface area is 182 Å². The van der Waals surface area contributed by atoms with Crippen molar-refractivity contribution < 1.29 is 9.59 Å². The van der Waals surface area contributed by atoms with Crippen molar-refractivity contribution in [2.45, 2.75) is 20.4 Å². The number of hydrogen-bond acceptors (Lipinski definition) is 5. The van der Waals surface area contributed by atoms with Gasteiger partial charge in [-0.05, 0) is 37.6 Å². The molecule has 2 heterocycles. The molecule has 7 nitrogen and oxygen atoms in total. The van der Waals surface area contributed by atoms with Gasteiger partial charge in [0, 0.05) is 38.3 Å². The molecule has 0 aliphatic carbocycles. The zero-order valence-electron chi connectivity index (χ0n) is 18.0. The standard InChI is InChI=1S/C24H27N5O2/c1-17-18(2)27-22-14-20(8-9-21(22)26-17)24(31)29-12-10-28(11-13-29)16-23(30)25-15-19-6-4-3-5-7-19/h3-9,14H,10-13,15-16H2,1-2H3,(H,25,30). The number of fused-ring (bicyclic) bond motifs is 1. The molecule has 0 unspecified atom stereocenters. The lowest BCUT2D eigenvalue weighted by atomic mass is 10.1. The van der Waals surface area contributed by atoms with E-state index in [1.807, 2.05) is 67.3 Å². The van der Waals surface area contributed by atoms with E-state index in [-0.39, 0.29) is 11.8 Å². The molecular formula is C24H27N5O2. The first kappa shape index (κ1) is 20.9. The average molecular weight is 418 g/mol. The summed E-state index contributed by atoms with van der Waals surface area (Å²) >= 11 is 0. The normalized spacial score (nSPS) is 14.6. The molecule has 2 aromatic carbocycles. The number of hydrogen-bond donors (Lipinski definition) is 1. The lowest BCUT2D eigenvalue weighted by molar-refractivity contribution is -0.122. The average Bonchev–Trinajstić information content (AvgIpc) is 2.79. The van der Waals surface area contributed by atoms with Crippen molar-refractivity contribution in [3.63, 3.8) is 0 Å². The molecule has 1 N–H and O–H groups in total. The van der Waals surface area contributed by atoms with E-state index in [1.165, 1.54) is 0 Å². The van der Waals surface area contributed by atoms with Crippen LogP contribution in [0.5, 0.6) is 0 Å². The molecule has 31 heavy (non-hydrogen) atoms. The molecule has 1 aliphatic rings. The van der Waals surface area contributed by atoms with Gasteiger partial charge < -0.3 is 10.2 Å². The number of piperazine rings is 1. The van der Waals surface area contributed by atoms with Gasteiger partial charge in [0.15, 0.2) is 0 Å². The van der Waals surface area contributed by atoms with Crippen LogP contribution in [0, 0.1) is 13.8 Å². The number of nitrogens with zero attached hydrogens (tertiary/aromatic N) is 4. The van der Waals surface area contributed by atoms with Gasteiger partial charge in [-0.1, -0.05) is 30.3 Å². The van der Waals surface area contributed by atoms with E-state index in [2.05, 4.69) is 20.2 Å². The smallest absolute Gasteiger partial charge is 0.254 e. The zero-order valence-corrected chi connectivity index (χ0v) is 18.0. The first-order valence-electron chi connectivity index (χ1n) is 10.6. The van der Waals surface area contributed by atoms with E-state index in [1.54, 1.807) is 0 Å². The maximum atomic E-state index is 13.0. The van der Waals surface area contributed by atoms with Crippen LogP contribution in [0.1, 0.15) is 27.3 Å². The molecule has 1 saturated heterocycles. The first-order valence-corrected chi connectivity index (χ1v) is 10.6. The second-order valence-electron chi connectivity index (χ2n) is 7.93. The Morgan fingerprint density at radius 3 is 2.29 bits per heavy atom. The van der Waals surface area contributed by atoms with Crippen LogP contribution in [0.3, 0.4) is 0 Å². The summed E-state index contributed by atoms with van der Waals surface area (Å²) in [6.07, 6.45) is 0. The van der Waals surface area contributed by atoms with E-state index in [4.69, 9.17) is 0 Å². The summed E-state index contributed by atoms with van der Waals surface area (Å²) < 4.78 is 0. The topological polar surface area (TPSA) is 78.4 Å². The van der Waals surface area contributed by atoms with Gasteiger partial charge in [-0.3, -0.25) is 14.5 Å². The number of benzene rings is 2. The highest BCUT2D eigenvalue weighted by molar-refractivity contribution is 5.97. The van der Waals surface area contributed by atoms with Crippen LogP contribution in [-0.4, -0.2) is 64.3 Å². The highest BCUT2D eigenvalue weighted by atomic mass is 16.2. The molecule has 0 spiro atoms. The van der Waals surface area contributed by atoms with Gasteiger partial charge in [-0.2, -0.15) is 0 Å². The van der Waals surface area contributed by atoms with E-state index in [0.717, 1.165) is 28.0 Å². The highest BCUT2D eigenvalue weighted by Gasteiger charge is 2.23.